The lowest BCUT2D eigenvalue weighted by Crippen LogP contribution is -2.10. The Hall–Kier alpha value is -4.30. The minimum absolute atomic E-state index is 1.14. The van der Waals surface area contributed by atoms with E-state index in [9.17, 15) is 0 Å². The summed E-state index contributed by atoms with van der Waals surface area (Å²) in [6, 6.07) is 43.6. The summed E-state index contributed by atoms with van der Waals surface area (Å²) in [5, 5.41) is 0. The first kappa shape index (κ1) is 23.4. The van der Waals surface area contributed by atoms with Crippen molar-refractivity contribution in [2.75, 3.05) is 16.8 Å². The van der Waals surface area contributed by atoms with Gasteiger partial charge in [0, 0.05) is 35.5 Å². The van der Waals surface area contributed by atoms with Crippen LogP contribution >= 0.6 is 0 Å². The van der Waals surface area contributed by atoms with E-state index in [1.165, 1.54) is 39.2 Å². The van der Waals surface area contributed by atoms with Crippen LogP contribution < -0.4 is 9.80 Å². The predicted octanol–water partition coefficient (Wildman–Crippen LogP) is 9.52. The van der Waals surface area contributed by atoms with Crippen LogP contribution in [-0.4, -0.2) is 7.05 Å². The minimum Gasteiger partial charge on any atom is -0.345 e. The van der Waals surface area contributed by atoms with Gasteiger partial charge < -0.3 is 9.80 Å². The molecule has 5 aromatic carbocycles. The molecular weight excluding hydrogens is 436 g/mol. The third kappa shape index (κ3) is 5.04. The maximum Gasteiger partial charge on any atom is 0.0464 e. The number of nitrogens with zero attached hydrogens (tertiary/aromatic N) is 2. The summed E-state index contributed by atoms with van der Waals surface area (Å²) in [6.45, 7) is 6.41. The highest BCUT2D eigenvalue weighted by Gasteiger charge is 2.13. The topological polar surface area (TPSA) is 6.48 Å². The van der Waals surface area contributed by atoms with Crippen LogP contribution in [0.4, 0.5) is 28.4 Å². The molecule has 0 fully saturated rings. The molecule has 0 heterocycles. The second kappa shape index (κ2) is 10.1. The average Bonchev–Trinajstić information content (AvgIpc) is 2.89. The van der Waals surface area contributed by atoms with Gasteiger partial charge in [0.2, 0.25) is 0 Å². The quantitative estimate of drug-likeness (QED) is 0.245. The number of rotatable bonds is 6. The molecule has 0 aromatic heterocycles. The van der Waals surface area contributed by atoms with E-state index in [2.05, 4.69) is 159 Å². The Kier molecular flexibility index (Phi) is 6.60. The Morgan fingerprint density at radius 1 is 0.389 bits per heavy atom. The Balaban J connectivity index is 1.44. The van der Waals surface area contributed by atoms with Crippen LogP contribution in [-0.2, 0) is 0 Å². The second-order valence-corrected chi connectivity index (χ2v) is 9.51. The zero-order chi connectivity index (χ0) is 25.1. The normalized spacial score (nSPS) is 10.8. The molecule has 2 nitrogen and oxygen atoms in total. The molecule has 0 bridgehead atoms. The van der Waals surface area contributed by atoms with Crippen molar-refractivity contribution in [3.8, 4) is 11.1 Å². The highest BCUT2D eigenvalue weighted by Crippen LogP contribution is 2.36. The summed E-state index contributed by atoms with van der Waals surface area (Å²) in [4.78, 5) is 4.55. The molecule has 0 spiro atoms. The third-order valence-electron chi connectivity index (χ3n) is 6.62. The lowest BCUT2D eigenvalue weighted by Gasteiger charge is -2.26. The van der Waals surface area contributed by atoms with Crippen LogP contribution in [0.1, 0.15) is 16.7 Å². The molecule has 36 heavy (non-hydrogen) atoms. The fourth-order valence-corrected chi connectivity index (χ4v) is 4.65. The van der Waals surface area contributed by atoms with Gasteiger partial charge in [0.05, 0.1) is 0 Å². The van der Waals surface area contributed by atoms with E-state index in [1.54, 1.807) is 0 Å². The maximum absolute atomic E-state index is 2.32. The third-order valence-corrected chi connectivity index (χ3v) is 6.62. The first-order valence-corrected chi connectivity index (χ1v) is 12.4. The summed E-state index contributed by atoms with van der Waals surface area (Å²) in [5.41, 5.74) is 12.0. The molecule has 0 saturated carbocycles. The molecule has 178 valence electrons. The van der Waals surface area contributed by atoms with Gasteiger partial charge in [0.1, 0.15) is 0 Å². The molecule has 5 rings (SSSR count). The van der Waals surface area contributed by atoms with Crippen molar-refractivity contribution in [2.24, 2.45) is 0 Å². The van der Waals surface area contributed by atoms with Gasteiger partial charge in [-0.3, -0.25) is 0 Å². The summed E-state index contributed by atoms with van der Waals surface area (Å²) in [7, 11) is 2.11. The number of benzene rings is 5. The number of anilines is 5. The number of hydrogen-bond donors (Lipinski definition) is 0. The summed E-state index contributed by atoms with van der Waals surface area (Å²) in [5.74, 6) is 0. The van der Waals surface area contributed by atoms with Gasteiger partial charge in [0.25, 0.3) is 0 Å². The molecule has 0 saturated heterocycles. The zero-order valence-corrected chi connectivity index (χ0v) is 21.4. The van der Waals surface area contributed by atoms with E-state index >= 15 is 0 Å². The molecule has 2 heteroatoms. The predicted molar refractivity (Wildman–Crippen MR) is 155 cm³/mol. The fourth-order valence-electron chi connectivity index (χ4n) is 4.65. The van der Waals surface area contributed by atoms with Crippen LogP contribution in [0.15, 0.2) is 121 Å². The van der Waals surface area contributed by atoms with E-state index in [1.807, 2.05) is 0 Å². The molecule has 0 aliphatic heterocycles. The monoisotopic (exact) mass is 468 g/mol. The maximum atomic E-state index is 2.32. The fraction of sp³-hybridized carbons (Fsp3) is 0.118. The molecule has 0 amide bonds. The van der Waals surface area contributed by atoms with E-state index in [-0.39, 0.29) is 0 Å². The van der Waals surface area contributed by atoms with Crippen LogP contribution in [0, 0.1) is 20.8 Å². The van der Waals surface area contributed by atoms with E-state index in [0.29, 0.717) is 0 Å². The van der Waals surface area contributed by atoms with E-state index in [0.717, 1.165) is 17.1 Å². The molecule has 0 aliphatic carbocycles. The minimum atomic E-state index is 1.14. The lowest BCUT2D eigenvalue weighted by molar-refractivity contribution is 1.20. The largest absolute Gasteiger partial charge is 0.345 e. The van der Waals surface area contributed by atoms with Gasteiger partial charge in [-0.25, -0.2) is 0 Å². The van der Waals surface area contributed by atoms with Gasteiger partial charge >= 0.3 is 0 Å². The number of aryl methyl sites for hydroxylation is 3. The molecule has 0 N–H and O–H groups in total. The Labute approximate surface area is 215 Å². The molecule has 5 aromatic rings. The summed E-state index contributed by atoms with van der Waals surface area (Å²) < 4.78 is 0. The Bertz CT molecular complexity index is 1420. The number of hydrogen-bond acceptors (Lipinski definition) is 2. The van der Waals surface area contributed by atoms with Gasteiger partial charge in [-0.15, -0.1) is 0 Å². The van der Waals surface area contributed by atoms with Gasteiger partial charge in [-0.2, -0.15) is 0 Å². The lowest BCUT2D eigenvalue weighted by atomic mass is 10.0. The standard InChI is InChI=1S/C34H32N2/c1-25-8-5-11-32(22-25)35(4)30-18-14-28(15-19-30)29-16-20-31(21-17-29)36(33-12-6-9-26(2)23-33)34-13-7-10-27(3)24-34/h5-24H,1-4H3. The second-order valence-electron chi connectivity index (χ2n) is 9.51. The van der Waals surface area contributed by atoms with Crippen LogP contribution in [0.3, 0.4) is 0 Å². The molecule has 0 unspecified atom stereocenters. The SMILES string of the molecule is Cc1cccc(N(C)c2ccc(-c3ccc(N(c4cccc(C)c4)c4cccc(C)c4)cc3)cc2)c1. The van der Waals surface area contributed by atoms with Crippen molar-refractivity contribution in [2.45, 2.75) is 20.8 Å². The average molecular weight is 469 g/mol. The van der Waals surface area contributed by atoms with Gasteiger partial charge in [-0.1, -0.05) is 60.7 Å². The van der Waals surface area contributed by atoms with Crippen molar-refractivity contribution in [1.82, 2.24) is 0 Å². The van der Waals surface area contributed by atoms with Crippen molar-refractivity contribution in [3.05, 3.63) is 138 Å². The Morgan fingerprint density at radius 2 is 0.778 bits per heavy atom. The molecule has 0 aliphatic rings. The van der Waals surface area contributed by atoms with Crippen molar-refractivity contribution in [3.63, 3.8) is 0 Å². The van der Waals surface area contributed by atoms with Crippen molar-refractivity contribution in [1.29, 1.82) is 0 Å². The van der Waals surface area contributed by atoms with Crippen LogP contribution in [0.25, 0.3) is 11.1 Å². The van der Waals surface area contributed by atoms with Crippen molar-refractivity contribution >= 4 is 28.4 Å². The smallest absolute Gasteiger partial charge is 0.0464 e. The summed E-state index contributed by atoms with van der Waals surface area (Å²) in [6.07, 6.45) is 0. The van der Waals surface area contributed by atoms with E-state index in [4.69, 9.17) is 0 Å². The first-order valence-electron chi connectivity index (χ1n) is 12.4. The highest BCUT2D eigenvalue weighted by molar-refractivity contribution is 5.79. The van der Waals surface area contributed by atoms with Crippen LogP contribution in [0.2, 0.25) is 0 Å². The molecular formula is C34H32N2. The van der Waals surface area contributed by atoms with Gasteiger partial charge in [0.15, 0.2) is 0 Å². The first-order chi connectivity index (χ1) is 17.5. The van der Waals surface area contributed by atoms with Crippen molar-refractivity contribution < 1.29 is 0 Å². The highest BCUT2D eigenvalue weighted by atomic mass is 15.1. The summed E-state index contributed by atoms with van der Waals surface area (Å²) >= 11 is 0. The van der Waals surface area contributed by atoms with E-state index < -0.39 is 0 Å². The van der Waals surface area contributed by atoms with Gasteiger partial charge in [-0.05, 0) is 109 Å². The van der Waals surface area contributed by atoms with Crippen LogP contribution in [0.5, 0.6) is 0 Å². The Morgan fingerprint density at radius 3 is 1.22 bits per heavy atom. The molecule has 0 radical (unpaired) electrons. The molecule has 0 atom stereocenters. The zero-order valence-electron chi connectivity index (χ0n) is 21.4.